The molecule has 1 aliphatic carbocycles. The minimum Gasteiger partial charge on any atom is -0.384 e. The fourth-order valence-electron chi connectivity index (χ4n) is 2.28. The topological polar surface area (TPSA) is 98.0 Å². The van der Waals surface area contributed by atoms with Crippen LogP contribution in [0.4, 0.5) is 5.82 Å². The lowest BCUT2D eigenvalue weighted by molar-refractivity contribution is 0.102. The third kappa shape index (κ3) is 3.42. The van der Waals surface area contributed by atoms with Crippen molar-refractivity contribution in [1.29, 1.82) is 0 Å². The predicted molar refractivity (Wildman–Crippen MR) is 93.2 cm³/mol. The number of nitrogen functional groups attached to an aromatic ring is 1. The second kappa shape index (κ2) is 6.37. The van der Waals surface area contributed by atoms with Crippen LogP contribution in [0.1, 0.15) is 29.2 Å². The van der Waals surface area contributed by atoms with Crippen LogP contribution >= 0.6 is 27.7 Å². The van der Waals surface area contributed by atoms with Crippen LogP contribution in [0.2, 0.25) is 0 Å². The summed E-state index contributed by atoms with van der Waals surface area (Å²) in [4.78, 5) is 39.3. The van der Waals surface area contributed by atoms with Crippen molar-refractivity contribution in [3.8, 4) is 0 Å². The molecule has 1 fully saturated rings. The van der Waals surface area contributed by atoms with Gasteiger partial charge in [-0.15, -0.1) is 11.8 Å². The number of nitrogens with one attached hydrogen (secondary N) is 1. The van der Waals surface area contributed by atoms with Gasteiger partial charge >= 0.3 is 5.69 Å². The van der Waals surface area contributed by atoms with Gasteiger partial charge < -0.3 is 5.73 Å². The molecule has 0 bridgehead atoms. The van der Waals surface area contributed by atoms with Gasteiger partial charge in [-0.1, -0.05) is 15.9 Å². The Morgan fingerprint density at radius 2 is 1.96 bits per heavy atom. The number of nitrogens with zero attached hydrogens (tertiary/aromatic N) is 1. The van der Waals surface area contributed by atoms with Crippen LogP contribution in [-0.2, 0) is 0 Å². The van der Waals surface area contributed by atoms with Crippen LogP contribution < -0.4 is 17.0 Å². The molecule has 3 rings (SSSR count). The van der Waals surface area contributed by atoms with Crippen molar-refractivity contribution in [2.45, 2.75) is 23.8 Å². The second-order valence-electron chi connectivity index (χ2n) is 5.29. The highest BCUT2D eigenvalue weighted by Crippen LogP contribution is 2.35. The average Bonchev–Trinajstić information content (AvgIpc) is 3.31. The maximum Gasteiger partial charge on any atom is 0.330 e. The first-order valence-corrected chi connectivity index (χ1v) is 8.81. The highest BCUT2D eigenvalue weighted by Gasteiger charge is 2.29. The summed E-state index contributed by atoms with van der Waals surface area (Å²) in [5.41, 5.74) is 4.53. The maximum atomic E-state index is 12.4. The molecule has 3 N–H and O–H groups in total. The molecule has 0 aliphatic heterocycles. The SMILES string of the molecule is Nc1c(C(=O)CSc2ccc(Br)cc2)c(=O)[nH]c(=O)n1C1CC1. The van der Waals surface area contributed by atoms with Gasteiger partial charge in [0.15, 0.2) is 5.78 Å². The highest BCUT2D eigenvalue weighted by molar-refractivity contribution is 9.10. The molecule has 1 aliphatic rings. The highest BCUT2D eigenvalue weighted by atomic mass is 79.9. The van der Waals surface area contributed by atoms with Crippen molar-refractivity contribution < 1.29 is 4.79 Å². The summed E-state index contributed by atoms with van der Waals surface area (Å²) in [5, 5.41) is 0. The first-order valence-electron chi connectivity index (χ1n) is 7.03. The lowest BCUT2D eigenvalue weighted by atomic mass is 10.2. The molecule has 0 amide bonds. The monoisotopic (exact) mass is 395 g/mol. The number of carbonyl (C=O) groups is 1. The lowest BCUT2D eigenvalue weighted by Gasteiger charge is -2.11. The number of nitrogens with two attached hydrogens (primary N) is 1. The van der Waals surface area contributed by atoms with Crippen LogP contribution in [0, 0.1) is 0 Å². The zero-order chi connectivity index (χ0) is 16.6. The predicted octanol–water partition coefficient (Wildman–Crippen LogP) is 2.19. The van der Waals surface area contributed by atoms with Gasteiger partial charge in [0.05, 0.1) is 5.75 Å². The molecule has 8 heteroatoms. The van der Waals surface area contributed by atoms with E-state index >= 15 is 0 Å². The Labute approximate surface area is 144 Å². The fourth-order valence-corrected chi connectivity index (χ4v) is 3.32. The summed E-state index contributed by atoms with van der Waals surface area (Å²) in [6, 6.07) is 7.49. The van der Waals surface area contributed by atoms with Gasteiger partial charge in [0.1, 0.15) is 11.4 Å². The fraction of sp³-hybridized carbons (Fsp3) is 0.267. The summed E-state index contributed by atoms with van der Waals surface area (Å²) >= 11 is 4.66. The van der Waals surface area contributed by atoms with E-state index in [-0.39, 0.29) is 29.0 Å². The van der Waals surface area contributed by atoms with E-state index in [1.807, 2.05) is 24.3 Å². The Kier molecular flexibility index (Phi) is 4.45. The van der Waals surface area contributed by atoms with Crippen molar-refractivity contribution >= 4 is 39.3 Å². The number of Topliss-reactive ketones (excluding diaryl/α,β-unsaturated/α-hetero) is 1. The van der Waals surface area contributed by atoms with E-state index in [0.29, 0.717) is 0 Å². The molecule has 1 saturated carbocycles. The van der Waals surface area contributed by atoms with Crippen molar-refractivity contribution in [3.63, 3.8) is 0 Å². The number of aromatic nitrogens is 2. The summed E-state index contributed by atoms with van der Waals surface area (Å²) in [5.74, 6) is -0.327. The van der Waals surface area contributed by atoms with Gasteiger partial charge in [0.25, 0.3) is 5.56 Å². The third-order valence-electron chi connectivity index (χ3n) is 3.56. The van der Waals surface area contributed by atoms with Crippen LogP contribution in [-0.4, -0.2) is 21.1 Å². The normalized spacial score (nSPS) is 14.0. The van der Waals surface area contributed by atoms with Crippen molar-refractivity contribution in [2.75, 3.05) is 11.5 Å². The Morgan fingerprint density at radius 1 is 1.30 bits per heavy atom. The van der Waals surface area contributed by atoms with Gasteiger partial charge in [-0.3, -0.25) is 19.1 Å². The third-order valence-corrected chi connectivity index (χ3v) is 5.10. The van der Waals surface area contributed by atoms with Gasteiger partial charge in [0, 0.05) is 15.4 Å². The van der Waals surface area contributed by atoms with Crippen LogP contribution in [0.15, 0.2) is 43.2 Å². The number of ketones is 1. The molecule has 23 heavy (non-hydrogen) atoms. The first kappa shape index (κ1) is 16.1. The number of H-pyrrole nitrogens is 1. The number of hydrogen-bond acceptors (Lipinski definition) is 5. The van der Waals surface area contributed by atoms with Crippen LogP contribution in [0.5, 0.6) is 0 Å². The van der Waals surface area contributed by atoms with E-state index in [0.717, 1.165) is 22.2 Å². The number of rotatable bonds is 5. The minimum absolute atomic E-state index is 0.00923. The quantitative estimate of drug-likeness (QED) is 0.597. The number of benzene rings is 1. The number of anilines is 1. The zero-order valence-electron chi connectivity index (χ0n) is 12.0. The summed E-state index contributed by atoms with van der Waals surface area (Å²) in [6.45, 7) is 0. The molecule has 0 unspecified atom stereocenters. The molecule has 1 heterocycles. The largest absolute Gasteiger partial charge is 0.384 e. The zero-order valence-corrected chi connectivity index (χ0v) is 14.4. The van der Waals surface area contributed by atoms with E-state index in [9.17, 15) is 14.4 Å². The van der Waals surface area contributed by atoms with Gasteiger partial charge in [-0.25, -0.2) is 4.79 Å². The molecular weight excluding hydrogens is 382 g/mol. The Hall–Kier alpha value is -1.80. The van der Waals surface area contributed by atoms with E-state index < -0.39 is 11.2 Å². The van der Waals surface area contributed by atoms with E-state index in [4.69, 9.17) is 5.73 Å². The van der Waals surface area contributed by atoms with Crippen molar-refractivity contribution in [3.05, 3.63) is 55.1 Å². The number of hydrogen-bond donors (Lipinski definition) is 2. The number of thioether (sulfide) groups is 1. The summed E-state index contributed by atoms with van der Waals surface area (Å²) in [6.07, 6.45) is 1.66. The molecular formula is C15H14BrN3O3S. The average molecular weight is 396 g/mol. The second-order valence-corrected chi connectivity index (χ2v) is 7.25. The minimum atomic E-state index is -0.717. The standard InChI is InChI=1S/C15H14BrN3O3S/c16-8-1-5-10(6-2-8)23-7-11(20)12-13(17)19(9-3-4-9)15(22)18-14(12)21/h1-2,5-6,9H,3-4,7,17H2,(H,18,21,22). The molecule has 2 aromatic rings. The van der Waals surface area contributed by atoms with Crippen LogP contribution in [0.25, 0.3) is 0 Å². The van der Waals surface area contributed by atoms with Gasteiger partial charge in [-0.2, -0.15) is 0 Å². The van der Waals surface area contributed by atoms with E-state index in [2.05, 4.69) is 20.9 Å². The molecule has 0 radical (unpaired) electrons. The van der Waals surface area contributed by atoms with E-state index in [1.54, 1.807) is 0 Å². The molecule has 0 atom stereocenters. The van der Waals surface area contributed by atoms with Gasteiger partial charge in [0.2, 0.25) is 0 Å². The lowest BCUT2D eigenvalue weighted by Crippen LogP contribution is -2.36. The summed E-state index contributed by atoms with van der Waals surface area (Å²) < 4.78 is 2.27. The van der Waals surface area contributed by atoms with Gasteiger partial charge in [-0.05, 0) is 37.1 Å². The molecule has 6 nitrogen and oxygen atoms in total. The Bertz CT molecular complexity index is 869. The number of carbonyl (C=O) groups excluding carboxylic acids is 1. The maximum absolute atomic E-state index is 12.4. The Balaban J connectivity index is 1.84. The smallest absolute Gasteiger partial charge is 0.330 e. The molecule has 0 spiro atoms. The first-order chi connectivity index (χ1) is 11.0. The number of halogens is 1. The molecule has 1 aromatic heterocycles. The van der Waals surface area contributed by atoms with E-state index in [1.165, 1.54) is 16.3 Å². The van der Waals surface area contributed by atoms with Crippen molar-refractivity contribution in [1.82, 2.24) is 9.55 Å². The molecule has 0 saturated heterocycles. The van der Waals surface area contributed by atoms with Crippen LogP contribution in [0.3, 0.4) is 0 Å². The van der Waals surface area contributed by atoms with Crippen molar-refractivity contribution in [2.24, 2.45) is 0 Å². The summed E-state index contributed by atoms with van der Waals surface area (Å²) in [7, 11) is 0. The molecule has 1 aromatic carbocycles. The number of aromatic amines is 1. The Morgan fingerprint density at radius 3 is 2.57 bits per heavy atom. The molecule has 120 valence electrons.